The van der Waals surface area contributed by atoms with Crippen LogP contribution in [0.2, 0.25) is 0 Å². The van der Waals surface area contributed by atoms with Crippen LogP contribution in [0.15, 0.2) is 34.7 Å². The maximum absolute atomic E-state index is 4.29. The second kappa shape index (κ2) is 9.39. The Morgan fingerprint density at radius 3 is 2.80 bits per heavy atom. The molecule has 20 heavy (non-hydrogen) atoms. The summed E-state index contributed by atoms with van der Waals surface area (Å²) in [6.45, 7) is 3.23. The molecule has 1 heterocycles. The summed E-state index contributed by atoms with van der Waals surface area (Å²) in [6, 6.07) is 4.84. The van der Waals surface area contributed by atoms with Crippen LogP contribution in [0.4, 0.5) is 0 Å². The maximum Gasteiger partial charge on any atom is 0.191 e. The van der Waals surface area contributed by atoms with Crippen molar-refractivity contribution in [2.24, 2.45) is 10.9 Å². The van der Waals surface area contributed by atoms with Crippen LogP contribution >= 0.6 is 35.3 Å². The molecule has 0 aliphatic heterocycles. The van der Waals surface area contributed by atoms with E-state index in [1.54, 1.807) is 0 Å². The first kappa shape index (κ1) is 17.5. The molecule has 0 fully saturated rings. The van der Waals surface area contributed by atoms with Gasteiger partial charge in [-0.15, -0.1) is 35.3 Å². The largest absolute Gasteiger partial charge is 0.356 e. The second-order valence-corrected chi connectivity index (χ2v) is 6.16. The molecule has 0 saturated carbocycles. The second-order valence-electron chi connectivity index (χ2n) is 5.13. The highest BCUT2D eigenvalue weighted by atomic mass is 127. The summed E-state index contributed by atoms with van der Waals surface area (Å²) < 4.78 is 0. The van der Waals surface area contributed by atoms with Gasteiger partial charge in [-0.3, -0.25) is 4.99 Å². The molecule has 3 nitrogen and oxygen atoms in total. The van der Waals surface area contributed by atoms with E-state index in [1.807, 2.05) is 18.4 Å². The first-order chi connectivity index (χ1) is 9.28. The van der Waals surface area contributed by atoms with E-state index in [-0.39, 0.29) is 24.0 Å². The smallest absolute Gasteiger partial charge is 0.191 e. The van der Waals surface area contributed by atoms with Crippen LogP contribution in [0.5, 0.6) is 0 Å². The van der Waals surface area contributed by atoms with Crippen LogP contribution in [-0.4, -0.2) is 25.6 Å². The minimum atomic E-state index is 0. The van der Waals surface area contributed by atoms with E-state index in [0.717, 1.165) is 31.8 Å². The fraction of sp³-hybridized carbons (Fsp3) is 0.533. The van der Waals surface area contributed by atoms with E-state index in [2.05, 4.69) is 52.2 Å². The zero-order valence-electron chi connectivity index (χ0n) is 12.1. The zero-order valence-corrected chi connectivity index (χ0v) is 15.3. The standard InChI is InChI=1S/C15H23N3S.HI/c1-12(10-14-8-5-9-19-14)11-17-15(16-2)18-13-6-3-4-7-13;/h3-5,8-9,12-13H,6-7,10-11H2,1-2H3,(H2,16,17,18);1H. The van der Waals surface area contributed by atoms with Crippen molar-refractivity contribution in [3.8, 4) is 0 Å². The summed E-state index contributed by atoms with van der Waals surface area (Å²) in [5.74, 6) is 1.53. The van der Waals surface area contributed by atoms with Crippen LogP contribution < -0.4 is 10.6 Å². The molecule has 1 aliphatic carbocycles. The third-order valence-corrected chi connectivity index (χ3v) is 4.22. The molecule has 0 bridgehead atoms. The molecule has 0 saturated heterocycles. The van der Waals surface area contributed by atoms with E-state index >= 15 is 0 Å². The fourth-order valence-electron chi connectivity index (χ4n) is 2.24. The van der Waals surface area contributed by atoms with Crippen LogP contribution in [0.3, 0.4) is 0 Å². The maximum atomic E-state index is 4.29. The molecule has 0 amide bonds. The SMILES string of the molecule is CN=C(NCC(C)Cc1cccs1)NC1CC=CC1.I. The summed E-state index contributed by atoms with van der Waals surface area (Å²) in [5, 5.41) is 9.03. The van der Waals surface area contributed by atoms with Gasteiger partial charge in [-0.2, -0.15) is 0 Å². The highest BCUT2D eigenvalue weighted by Gasteiger charge is 2.12. The van der Waals surface area contributed by atoms with Crippen LogP contribution in [0.25, 0.3) is 0 Å². The summed E-state index contributed by atoms with van der Waals surface area (Å²) >= 11 is 1.84. The van der Waals surface area contributed by atoms with Crippen LogP contribution in [0.1, 0.15) is 24.6 Å². The predicted molar refractivity (Wildman–Crippen MR) is 99.3 cm³/mol. The number of hydrogen-bond donors (Lipinski definition) is 2. The Hall–Kier alpha value is -0.560. The summed E-state index contributed by atoms with van der Waals surface area (Å²) in [4.78, 5) is 5.75. The number of thiophene rings is 1. The third kappa shape index (κ3) is 5.83. The lowest BCUT2D eigenvalue weighted by molar-refractivity contribution is 0.552. The minimum absolute atomic E-state index is 0. The van der Waals surface area contributed by atoms with E-state index < -0.39 is 0 Å². The lowest BCUT2D eigenvalue weighted by Crippen LogP contribution is -2.44. The number of nitrogens with one attached hydrogen (secondary N) is 2. The van der Waals surface area contributed by atoms with Gasteiger partial charge in [-0.1, -0.05) is 25.1 Å². The zero-order chi connectivity index (χ0) is 13.5. The van der Waals surface area contributed by atoms with Gasteiger partial charge in [0.25, 0.3) is 0 Å². The molecular formula is C15H24IN3S. The number of halogens is 1. The van der Waals surface area contributed by atoms with Gasteiger partial charge < -0.3 is 10.6 Å². The van der Waals surface area contributed by atoms with Crippen molar-refractivity contribution in [3.63, 3.8) is 0 Å². The number of nitrogens with zero attached hydrogens (tertiary/aromatic N) is 1. The Morgan fingerprint density at radius 1 is 1.45 bits per heavy atom. The van der Waals surface area contributed by atoms with Gasteiger partial charge in [-0.05, 0) is 36.6 Å². The van der Waals surface area contributed by atoms with E-state index in [9.17, 15) is 0 Å². The van der Waals surface area contributed by atoms with E-state index in [0.29, 0.717) is 12.0 Å². The first-order valence-corrected chi connectivity index (χ1v) is 7.80. The highest BCUT2D eigenvalue weighted by Crippen LogP contribution is 2.14. The molecule has 1 atom stereocenters. The van der Waals surface area contributed by atoms with Crippen molar-refractivity contribution in [3.05, 3.63) is 34.5 Å². The molecule has 0 aromatic carbocycles. The fourth-order valence-corrected chi connectivity index (χ4v) is 3.11. The van der Waals surface area contributed by atoms with Gasteiger partial charge in [0.2, 0.25) is 0 Å². The molecule has 1 aromatic rings. The first-order valence-electron chi connectivity index (χ1n) is 6.92. The van der Waals surface area contributed by atoms with Gasteiger partial charge >= 0.3 is 0 Å². The molecule has 112 valence electrons. The number of aliphatic imine (C=N–C) groups is 1. The van der Waals surface area contributed by atoms with Crippen molar-refractivity contribution in [2.75, 3.05) is 13.6 Å². The number of hydrogen-bond acceptors (Lipinski definition) is 2. The minimum Gasteiger partial charge on any atom is -0.356 e. The average molecular weight is 405 g/mol. The topological polar surface area (TPSA) is 36.4 Å². The Balaban J connectivity index is 0.00000200. The third-order valence-electron chi connectivity index (χ3n) is 3.32. The lowest BCUT2D eigenvalue weighted by atomic mass is 10.1. The van der Waals surface area contributed by atoms with E-state index in [1.165, 1.54) is 4.88 Å². The average Bonchev–Trinajstić information content (AvgIpc) is 3.07. The molecule has 1 aromatic heterocycles. The van der Waals surface area contributed by atoms with Crippen molar-refractivity contribution in [2.45, 2.75) is 32.2 Å². The lowest BCUT2D eigenvalue weighted by Gasteiger charge is -2.19. The summed E-state index contributed by atoms with van der Waals surface area (Å²) in [7, 11) is 1.83. The van der Waals surface area contributed by atoms with Gasteiger partial charge in [0, 0.05) is 24.5 Å². The van der Waals surface area contributed by atoms with Gasteiger partial charge in [0.05, 0.1) is 0 Å². The molecular weight excluding hydrogens is 381 g/mol. The highest BCUT2D eigenvalue weighted by molar-refractivity contribution is 14.0. The van der Waals surface area contributed by atoms with Crippen molar-refractivity contribution < 1.29 is 0 Å². The normalized spacial score (nSPS) is 16.8. The molecule has 0 spiro atoms. The van der Waals surface area contributed by atoms with Crippen molar-refractivity contribution >= 4 is 41.3 Å². The quantitative estimate of drug-likeness (QED) is 0.341. The van der Waals surface area contributed by atoms with Gasteiger partial charge in [-0.25, -0.2) is 0 Å². The Bertz CT molecular complexity index is 420. The van der Waals surface area contributed by atoms with Crippen molar-refractivity contribution in [1.29, 1.82) is 0 Å². The molecule has 1 unspecified atom stereocenters. The van der Waals surface area contributed by atoms with Crippen molar-refractivity contribution in [1.82, 2.24) is 10.6 Å². The molecule has 2 rings (SSSR count). The molecule has 5 heteroatoms. The Kier molecular flexibility index (Phi) is 8.21. The monoisotopic (exact) mass is 405 g/mol. The number of rotatable bonds is 5. The number of guanidine groups is 1. The van der Waals surface area contributed by atoms with Crippen LogP contribution in [0, 0.1) is 5.92 Å². The molecule has 2 N–H and O–H groups in total. The Labute approximate surface area is 143 Å². The molecule has 1 aliphatic rings. The van der Waals surface area contributed by atoms with Gasteiger partial charge in [0.1, 0.15) is 0 Å². The van der Waals surface area contributed by atoms with Gasteiger partial charge in [0.15, 0.2) is 5.96 Å². The van der Waals surface area contributed by atoms with Crippen LogP contribution in [-0.2, 0) is 6.42 Å². The summed E-state index contributed by atoms with van der Waals surface area (Å²) in [5.41, 5.74) is 0. The Morgan fingerprint density at radius 2 is 2.20 bits per heavy atom. The molecule has 0 radical (unpaired) electrons. The predicted octanol–water partition coefficient (Wildman–Crippen LogP) is 3.43. The summed E-state index contributed by atoms with van der Waals surface area (Å²) in [6.07, 6.45) is 7.79. The van der Waals surface area contributed by atoms with E-state index in [4.69, 9.17) is 0 Å².